The van der Waals surface area contributed by atoms with Gasteiger partial charge in [0.25, 0.3) is 5.56 Å². The van der Waals surface area contributed by atoms with Crippen molar-refractivity contribution in [3.05, 3.63) is 152 Å². The maximum absolute atomic E-state index is 13.1. The zero-order valence-corrected chi connectivity index (χ0v) is 26.4. The summed E-state index contributed by atoms with van der Waals surface area (Å²) >= 11 is 12.8. The Morgan fingerprint density at radius 3 is 2.25 bits per heavy atom. The second-order valence-corrected chi connectivity index (χ2v) is 11.9. The van der Waals surface area contributed by atoms with E-state index >= 15 is 0 Å². The van der Waals surface area contributed by atoms with E-state index in [9.17, 15) is 4.79 Å². The summed E-state index contributed by atoms with van der Waals surface area (Å²) in [7, 11) is 5.45. The van der Waals surface area contributed by atoms with Gasteiger partial charge in [-0.05, 0) is 83.3 Å². The highest BCUT2D eigenvalue weighted by Crippen LogP contribution is 2.41. The molecule has 6 nitrogen and oxygen atoms in total. The molecule has 8 heteroatoms. The van der Waals surface area contributed by atoms with Crippen molar-refractivity contribution >= 4 is 34.1 Å². The Bertz CT molecular complexity index is 2020. The molecular formula is C36H32Cl2N4O2. The van der Waals surface area contributed by atoms with Crippen LogP contribution in [0.2, 0.25) is 10.0 Å². The van der Waals surface area contributed by atoms with Crippen LogP contribution in [0.15, 0.2) is 114 Å². The molecule has 0 spiro atoms. The van der Waals surface area contributed by atoms with Gasteiger partial charge in [-0.1, -0.05) is 65.7 Å². The summed E-state index contributed by atoms with van der Waals surface area (Å²) in [4.78, 5) is 17.7. The normalized spacial score (nSPS) is 13.5. The Morgan fingerprint density at radius 1 is 0.864 bits per heavy atom. The van der Waals surface area contributed by atoms with Crippen LogP contribution in [0.1, 0.15) is 35.3 Å². The minimum Gasteiger partial charge on any atom is -0.497 e. The van der Waals surface area contributed by atoms with Crippen molar-refractivity contribution in [2.24, 2.45) is 14.1 Å². The number of nitrogens with zero attached hydrogens (tertiary/aromatic N) is 3. The van der Waals surface area contributed by atoms with Gasteiger partial charge in [-0.3, -0.25) is 10.1 Å². The van der Waals surface area contributed by atoms with E-state index in [0.717, 1.165) is 50.2 Å². The van der Waals surface area contributed by atoms with Gasteiger partial charge in [0.05, 0.1) is 30.8 Å². The predicted octanol–water partition coefficient (Wildman–Crippen LogP) is 7.90. The number of hydrogen-bond acceptors (Lipinski definition) is 4. The number of imidazole rings is 1. The van der Waals surface area contributed by atoms with E-state index in [1.54, 1.807) is 24.8 Å². The van der Waals surface area contributed by atoms with Crippen LogP contribution in [0, 0.1) is 0 Å². The summed E-state index contributed by atoms with van der Waals surface area (Å²) in [5, 5.41) is 6.18. The molecule has 1 N–H and O–H groups in total. The molecule has 4 aromatic carbocycles. The minimum absolute atomic E-state index is 0.0953. The summed E-state index contributed by atoms with van der Waals surface area (Å²) in [6.45, 7) is 2.14. The molecule has 0 fully saturated rings. The van der Waals surface area contributed by atoms with E-state index in [1.165, 1.54) is 0 Å². The number of rotatable bonds is 8. The monoisotopic (exact) mass is 622 g/mol. The van der Waals surface area contributed by atoms with E-state index in [4.69, 9.17) is 27.9 Å². The Labute approximate surface area is 266 Å². The number of methoxy groups -OCH3 is 1. The SMILES string of the molecule is COc1ccc([C@H](C)N[C@](c2ccc(Cl)cc2)(c2ccc3c(c2)c(-c2cccc(Cl)c2)cc(=O)n3C)c2cncn2C)cc1. The van der Waals surface area contributed by atoms with Crippen LogP contribution in [-0.4, -0.2) is 21.2 Å². The van der Waals surface area contributed by atoms with Gasteiger partial charge in [0.15, 0.2) is 0 Å². The molecule has 0 aliphatic heterocycles. The van der Waals surface area contributed by atoms with E-state index < -0.39 is 5.54 Å². The molecule has 0 bridgehead atoms. The molecule has 0 saturated carbocycles. The van der Waals surface area contributed by atoms with Gasteiger partial charge in [-0.15, -0.1) is 0 Å². The van der Waals surface area contributed by atoms with Gasteiger partial charge >= 0.3 is 0 Å². The predicted molar refractivity (Wildman–Crippen MR) is 179 cm³/mol. The molecule has 0 aliphatic rings. The van der Waals surface area contributed by atoms with Crippen molar-refractivity contribution in [2.45, 2.75) is 18.5 Å². The second kappa shape index (κ2) is 12.0. The van der Waals surface area contributed by atoms with E-state index in [-0.39, 0.29) is 11.6 Å². The number of pyridine rings is 1. The summed E-state index contributed by atoms with van der Waals surface area (Å²) in [5.41, 5.74) is 5.51. The smallest absolute Gasteiger partial charge is 0.251 e. The van der Waals surface area contributed by atoms with E-state index in [2.05, 4.69) is 41.5 Å². The minimum atomic E-state index is -0.871. The maximum atomic E-state index is 13.1. The molecule has 2 heterocycles. The van der Waals surface area contributed by atoms with E-state index in [1.807, 2.05) is 90.9 Å². The number of hydrogen-bond donors (Lipinski definition) is 1. The van der Waals surface area contributed by atoms with Crippen LogP contribution in [0.4, 0.5) is 0 Å². The van der Waals surface area contributed by atoms with Gasteiger partial charge in [0.2, 0.25) is 0 Å². The topological polar surface area (TPSA) is 61.1 Å². The quantitative estimate of drug-likeness (QED) is 0.187. The number of aromatic nitrogens is 3. The molecule has 44 heavy (non-hydrogen) atoms. The zero-order chi connectivity index (χ0) is 31.0. The first kappa shape index (κ1) is 29.7. The van der Waals surface area contributed by atoms with Gasteiger partial charge in [0, 0.05) is 41.6 Å². The Balaban J connectivity index is 1.66. The van der Waals surface area contributed by atoms with Crippen molar-refractivity contribution < 1.29 is 4.74 Å². The molecule has 6 rings (SSSR count). The molecule has 6 aromatic rings. The highest BCUT2D eigenvalue weighted by Gasteiger charge is 2.40. The summed E-state index contributed by atoms with van der Waals surface area (Å²) < 4.78 is 9.12. The average molecular weight is 624 g/mol. The van der Waals surface area contributed by atoms with Gasteiger partial charge < -0.3 is 13.9 Å². The van der Waals surface area contributed by atoms with Crippen LogP contribution in [0.3, 0.4) is 0 Å². The first-order chi connectivity index (χ1) is 21.2. The number of fused-ring (bicyclic) bond motifs is 1. The molecule has 0 radical (unpaired) electrons. The van der Waals surface area contributed by atoms with Crippen LogP contribution in [0.25, 0.3) is 22.0 Å². The first-order valence-electron chi connectivity index (χ1n) is 14.3. The highest BCUT2D eigenvalue weighted by atomic mass is 35.5. The summed E-state index contributed by atoms with van der Waals surface area (Å²) in [6, 6.07) is 31.4. The number of halogens is 2. The Morgan fingerprint density at radius 2 is 1.59 bits per heavy atom. The largest absolute Gasteiger partial charge is 0.497 e. The molecule has 0 amide bonds. The molecule has 0 unspecified atom stereocenters. The first-order valence-corrected chi connectivity index (χ1v) is 15.0. The van der Waals surface area contributed by atoms with Crippen LogP contribution in [0.5, 0.6) is 5.75 Å². The molecule has 2 atom stereocenters. The Hall–Kier alpha value is -4.36. The van der Waals surface area contributed by atoms with Crippen molar-refractivity contribution in [1.29, 1.82) is 0 Å². The second-order valence-electron chi connectivity index (χ2n) is 11.0. The van der Waals surface area contributed by atoms with Crippen molar-refractivity contribution in [1.82, 2.24) is 19.4 Å². The van der Waals surface area contributed by atoms with Crippen LogP contribution < -0.4 is 15.6 Å². The zero-order valence-electron chi connectivity index (χ0n) is 24.9. The lowest BCUT2D eigenvalue weighted by Crippen LogP contribution is -2.47. The molecule has 0 aliphatic carbocycles. The fraction of sp³-hybridized carbons (Fsp3) is 0.167. The fourth-order valence-corrected chi connectivity index (χ4v) is 6.33. The van der Waals surface area contributed by atoms with Crippen LogP contribution in [-0.2, 0) is 19.6 Å². The Kier molecular flexibility index (Phi) is 8.08. The maximum Gasteiger partial charge on any atom is 0.251 e. The molecule has 0 saturated heterocycles. The van der Waals surface area contributed by atoms with Crippen LogP contribution >= 0.6 is 23.2 Å². The number of nitrogens with one attached hydrogen (secondary N) is 1. The highest BCUT2D eigenvalue weighted by molar-refractivity contribution is 6.31. The van der Waals surface area contributed by atoms with Gasteiger partial charge in [-0.25, -0.2) is 4.98 Å². The van der Waals surface area contributed by atoms with Crippen molar-refractivity contribution in [3.8, 4) is 16.9 Å². The average Bonchev–Trinajstić information content (AvgIpc) is 3.47. The lowest BCUT2D eigenvalue weighted by molar-refractivity contribution is 0.396. The van der Waals surface area contributed by atoms with E-state index in [0.29, 0.717) is 10.0 Å². The molecule has 222 valence electrons. The van der Waals surface area contributed by atoms with Gasteiger partial charge in [-0.2, -0.15) is 0 Å². The summed E-state index contributed by atoms with van der Waals surface area (Å²) in [6.07, 6.45) is 3.70. The third-order valence-corrected chi connectivity index (χ3v) is 8.83. The van der Waals surface area contributed by atoms with Crippen molar-refractivity contribution in [3.63, 3.8) is 0 Å². The van der Waals surface area contributed by atoms with Gasteiger partial charge in [0.1, 0.15) is 11.3 Å². The van der Waals surface area contributed by atoms with Crippen molar-refractivity contribution in [2.75, 3.05) is 7.11 Å². The lowest BCUT2D eigenvalue weighted by atomic mass is 9.78. The molecule has 2 aromatic heterocycles. The standard InChI is InChI=1S/C36H32Cl2N4O2/c1-23(24-8-15-30(44-4)16-9-24)40-36(34-21-39-22-41(34)2,26-10-13-28(37)14-11-26)27-12-17-33-32(19-27)31(20-35(43)42(33)3)25-6-5-7-29(38)18-25/h5-23,40H,1-4H3/t23-,36+/m0/s1. The lowest BCUT2D eigenvalue weighted by Gasteiger charge is -2.39. The number of benzene rings is 4. The molecular weight excluding hydrogens is 591 g/mol. The third-order valence-electron chi connectivity index (χ3n) is 8.34. The third kappa shape index (κ3) is 5.30. The fourth-order valence-electron chi connectivity index (χ4n) is 6.01. The number of aryl methyl sites for hydroxylation is 2. The summed E-state index contributed by atoms with van der Waals surface area (Å²) in [5.74, 6) is 0.797. The number of ether oxygens (including phenoxy) is 1.